The molecular weight excluding hydrogens is 1000 g/mol. The Bertz CT molecular complexity index is 2900. The lowest BCUT2D eigenvalue weighted by molar-refractivity contribution is 0.607. The first-order valence-corrected chi connectivity index (χ1v) is 32.0. The lowest BCUT2D eigenvalue weighted by Gasteiger charge is -2.11. The van der Waals surface area contributed by atoms with Gasteiger partial charge in [-0.1, -0.05) is 229 Å². The normalized spacial score (nSPS) is 11.6. The summed E-state index contributed by atoms with van der Waals surface area (Å²) in [6, 6.07) is 35.4. The molecule has 0 saturated carbocycles. The second-order valence-corrected chi connectivity index (χ2v) is 23.1. The molecule has 0 spiro atoms. The first-order valence-electron chi connectivity index (χ1n) is 32.0. The second-order valence-electron chi connectivity index (χ2n) is 23.1. The molecule has 3 aromatic carbocycles. The maximum atomic E-state index is 5.16. The van der Waals surface area contributed by atoms with E-state index in [9.17, 15) is 0 Å². The molecule has 0 bridgehead atoms. The van der Waals surface area contributed by atoms with Gasteiger partial charge in [0.15, 0.2) is 23.3 Å². The fourth-order valence-corrected chi connectivity index (χ4v) is 11.3. The predicted octanol–water partition coefficient (Wildman–Crippen LogP) is 19.5. The number of pyridine rings is 2. The van der Waals surface area contributed by atoms with Crippen LogP contribution in [0.25, 0.3) is 67.8 Å². The molecule has 0 atom stereocenters. The van der Waals surface area contributed by atoms with E-state index in [1.54, 1.807) is 0 Å². The van der Waals surface area contributed by atoms with Crippen LogP contribution in [0.1, 0.15) is 204 Å². The Balaban J connectivity index is 0.901. The summed E-state index contributed by atoms with van der Waals surface area (Å²) >= 11 is 0. The third-order valence-corrected chi connectivity index (χ3v) is 16.3. The summed E-state index contributed by atoms with van der Waals surface area (Å²) in [5, 5.41) is 19.3. The zero-order chi connectivity index (χ0) is 56.6. The molecule has 0 radical (unpaired) electrons. The molecule has 0 fully saturated rings. The molecule has 10 heteroatoms. The van der Waals surface area contributed by atoms with Crippen LogP contribution >= 0.6 is 0 Å². The van der Waals surface area contributed by atoms with Crippen molar-refractivity contribution in [3.8, 4) is 67.8 Å². The average molecular weight is 1100 g/mol. The van der Waals surface area contributed by atoms with E-state index in [-0.39, 0.29) is 0 Å². The molecule has 0 aliphatic carbocycles. The quantitative estimate of drug-likeness (QED) is 0.0363. The maximum absolute atomic E-state index is 5.16. The largest absolute Gasteiger partial charge is 0.222 e. The Labute approximate surface area is 490 Å². The first kappa shape index (κ1) is 59.4. The van der Waals surface area contributed by atoms with Gasteiger partial charge in [0.1, 0.15) is 0 Å². The van der Waals surface area contributed by atoms with E-state index in [1.165, 1.54) is 199 Å². The number of aryl methyl sites for hydroxylation is 4. The van der Waals surface area contributed by atoms with Crippen molar-refractivity contribution in [1.82, 2.24) is 49.1 Å². The number of aromatic nitrogens is 10. The summed E-state index contributed by atoms with van der Waals surface area (Å²) < 4.78 is 7.77. The summed E-state index contributed by atoms with van der Waals surface area (Å²) in [6.07, 6.45) is 51.5. The van der Waals surface area contributed by atoms with Crippen LogP contribution < -0.4 is 0 Å². The van der Waals surface area contributed by atoms with Crippen molar-refractivity contribution in [1.29, 1.82) is 0 Å². The summed E-state index contributed by atoms with van der Waals surface area (Å²) in [5.41, 5.74) is 14.1. The van der Waals surface area contributed by atoms with Gasteiger partial charge in [-0.25, -0.2) is 28.7 Å². The van der Waals surface area contributed by atoms with Gasteiger partial charge in [-0.15, -0.1) is 0 Å². The molecule has 10 nitrogen and oxygen atoms in total. The zero-order valence-corrected chi connectivity index (χ0v) is 50.1. The van der Waals surface area contributed by atoms with Gasteiger partial charge in [-0.05, 0) is 142 Å². The SMILES string of the molecule is CCCCCCCCc1cnn(-c2cc(-c3ccc(-c4ccc(-c5ccc(-c6cc(-n7cc(CCCCCCCC)cn7)nc(-n7cc(CCCCCCCC)cn7)c6)cc5)cc4)cc3)cc(-n3cc(CCCCCCCC)cn3)n2)c1. The fraction of sp³-hybridized carbons (Fsp3) is 0.444. The fourth-order valence-electron chi connectivity index (χ4n) is 11.3. The minimum Gasteiger partial charge on any atom is -0.222 e. The van der Waals surface area contributed by atoms with Gasteiger partial charge in [-0.2, -0.15) is 20.4 Å². The number of benzene rings is 3. The van der Waals surface area contributed by atoms with Gasteiger partial charge < -0.3 is 0 Å². The highest BCUT2D eigenvalue weighted by atomic mass is 15.4. The van der Waals surface area contributed by atoms with Crippen LogP contribution in [-0.4, -0.2) is 49.1 Å². The van der Waals surface area contributed by atoms with E-state index in [0.29, 0.717) is 0 Å². The molecule has 0 aliphatic rings. The molecule has 0 unspecified atom stereocenters. The van der Waals surface area contributed by atoms with Crippen LogP contribution in [0.3, 0.4) is 0 Å². The van der Waals surface area contributed by atoms with Crippen LogP contribution in [0.15, 0.2) is 147 Å². The van der Waals surface area contributed by atoms with Crippen LogP contribution in [-0.2, 0) is 25.7 Å². The van der Waals surface area contributed by atoms with Crippen LogP contribution in [0, 0.1) is 0 Å². The van der Waals surface area contributed by atoms with Crippen LogP contribution in [0.2, 0.25) is 0 Å². The third kappa shape index (κ3) is 17.4. The van der Waals surface area contributed by atoms with Crippen molar-refractivity contribution in [2.75, 3.05) is 0 Å². The van der Waals surface area contributed by atoms with E-state index in [2.05, 4.69) is 150 Å². The van der Waals surface area contributed by atoms with E-state index in [1.807, 2.05) is 43.5 Å². The van der Waals surface area contributed by atoms with Crippen molar-refractivity contribution in [2.45, 2.75) is 207 Å². The van der Waals surface area contributed by atoms with Gasteiger partial charge in [0.2, 0.25) is 0 Å². The summed E-state index contributed by atoms with van der Waals surface area (Å²) in [6.45, 7) is 9.10. The van der Waals surface area contributed by atoms with E-state index >= 15 is 0 Å². The van der Waals surface area contributed by atoms with Crippen LogP contribution in [0.4, 0.5) is 0 Å². The Hall–Kier alpha value is -7.20. The Kier molecular flexibility index (Phi) is 23.1. The number of hydrogen-bond donors (Lipinski definition) is 0. The highest BCUT2D eigenvalue weighted by molar-refractivity contribution is 5.76. The van der Waals surface area contributed by atoms with E-state index in [4.69, 9.17) is 30.4 Å². The van der Waals surface area contributed by atoms with Crippen molar-refractivity contribution in [3.05, 3.63) is 169 Å². The molecule has 82 heavy (non-hydrogen) atoms. The lowest BCUT2D eigenvalue weighted by Crippen LogP contribution is -2.05. The van der Waals surface area contributed by atoms with Crippen molar-refractivity contribution >= 4 is 0 Å². The predicted molar refractivity (Wildman–Crippen MR) is 341 cm³/mol. The molecule has 9 aromatic rings. The van der Waals surface area contributed by atoms with Crippen molar-refractivity contribution < 1.29 is 0 Å². The van der Waals surface area contributed by atoms with Gasteiger partial charge >= 0.3 is 0 Å². The van der Waals surface area contributed by atoms with Crippen molar-refractivity contribution in [3.63, 3.8) is 0 Å². The molecule has 0 amide bonds. The molecule has 0 N–H and O–H groups in total. The molecular formula is C72H92N10. The number of nitrogens with zero attached hydrogens (tertiary/aromatic N) is 10. The Morgan fingerprint density at radius 1 is 0.244 bits per heavy atom. The maximum Gasteiger partial charge on any atom is 0.156 e. The van der Waals surface area contributed by atoms with Gasteiger partial charge in [0, 0.05) is 24.8 Å². The topological polar surface area (TPSA) is 97.1 Å². The number of hydrogen-bond acceptors (Lipinski definition) is 6. The Morgan fingerprint density at radius 2 is 0.439 bits per heavy atom. The molecule has 6 aromatic heterocycles. The van der Waals surface area contributed by atoms with Gasteiger partial charge in [0.25, 0.3) is 0 Å². The highest BCUT2D eigenvalue weighted by Gasteiger charge is 2.15. The standard InChI is InChI=1S/C72H92N10/c1-5-9-13-17-21-25-29-57-49-73-79(53-57)69-45-67(46-70(77-69)80-54-58(50-74-80)30-26-22-18-14-10-6-2)65-41-37-63(38-42-65)61-33-35-62(36-34-61)64-39-43-66(44-40-64)68-47-71(81-55-59(51-75-81)31-27-23-19-15-11-7-3)78-72(48-68)82-56-60(52-76-82)32-28-24-20-16-12-8-4/h33-56H,5-32H2,1-4H3. The minimum atomic E-state index is 0.793. The summed E-state index contributed by atoms with van der Waals surface area (Å²) in [4.78, 5) is 10.3. The molecule has 6 heterocycles. The van der Waals surface area contributed by atoms with Gasteiger partial charge in [0.05, 0.1) is 24.8 Å². The van der Waals surface area contributed by atoms with E-state index < -0.39 is 0 Å². The van der Waals surface area contributed by atoms with Crippen molar-refractivity contribution in [2.24, 2.45) is 0 Å². The molecule has 430 valence electrons. The third-order valence-electron chi connectivity index (χ3n) is 16.3. The number of rotatable bonds is 36. The average Bonchev–Trinajstić information content (AvgIpc) is 4.39. The molecule has 9 rings (SSSR count). The molecule has 0 aliphatic heterocycles. The van der Waals surface area contributed by atoms with E-state index in [0.717, 1.165) is 71.2 Å². The highest BCUT2D eigenvalue weighted by Crippen LogP contribution is 2.32. The van der Waals surface area contributed by atoms with Crippen LogP contribution in [0.5, 0.6) is 0 Å². The monoisotopic (exact) mass is 1100 g/mol. The smallest absolute Gasteiger partial charge is 0.156 e. The summed E-state index contributed by atoms with van der Waals surface area (Å²) in [7, 11) is 0. The Morgan fingerprint density at radius 3 is 0.659 bits per heavy atom. The first-order chi connectivity index (χ1) is 40.5. The summed E-state index contributed by atoms with van der Waals surface area (Å²) in [5.74, 6) is 3.17. The zero-order valence-electron chi connectivity index (χ0n) is 50.1. The van der Waals surface area contributed by atoms with Gasteiger partial charge in [-0.3, -0.25) is 0 Å². The second kappa shape index (κ2) is 31.9. The minimum absolute atomic E-state index is 0.793. The molecule has 0 saturated heterocycles. The number of unbranched alkanes of at least 4 members (excludes halogenated alkanes) is 20. The lowest BCUT2D eigenvalue weighted by atomic mass is 9.97.